The third-order valence-corrected chi connectivity index (χ3v) is 10.7. The lowest BCUT2D eigenvalue weighted by Crippen LogP contribution is -2.50. The predicted octanol–water partition coefficient (Wildman–Crippen LogP) is 6.37. The monoisotopic (exact) mass is 849 g/mol. The summed E-state index contributed by atoms with van der Waals surface area (Å²) in [6, 6.07) is 6.70. The van der Waals surface area contributed by atoms with Crippen molar-refractivity contribution in [2.24, 2.45) is 0 Å². The minimum atomic E-state index is -0.714. The molecule has 18 heteroatoms. The van der Waals surface area contributed by atoms with Gasteiger partial charge in [-0.2, -0.15) is 5.10 Å². The minimum absolute atomic E-state index is 0.106. The average molecular weight is 850 g/mol. The van der Waals surface area contributed by atoms with Crippen LogP contribution in [0, 0.1) is 12.7 Å². The van der Waals surface area contributed by atoms with Crippen LogP contribution < -0.4 is 16.4 Å². The van der Waals surface area contributed by atoms with Crippen LogP contribution >= 0.6 is 11.8 Å². The van der Waals surface area contributed by atoms with E-state index >= 15 is 4.39 Å². The second-order valence-electron chi connectivity index (χ2n) is 15.3. The quantitative estimate of drug-likeness (QED) is 0.0282. The van der Waals surface area contributed by atoms with Gasteiger partial charge in [-0.25, -0.2) is 23.8 Å². The number of benzene rings is 2. The summed E-state index contributed by atoms with van der Waals surface area (Å²) >= 11 is 1.40. The molecule has 3 heterocycles. The lowest BCUT2D eigenvalue weighted by atomic mass is 10.0. The molecule has 0 saturated carbocycles. The van der Waals surface area contributed by atoms with Gasteiger partial charge in [0.2, 0.25) is 5.95 Å². The Morgan fingerprint density at radius 2 is 1.67 bits per heavy atom. The number of esters is 2. The summed E-state index contributed by atoms with van der Waals surface area (Å²) in [4.78, 5) is 60.5. The predicted molar refractivity (Wildman–Crippen MR) is 230 cm³/mol. The number of nitrogens with zero attached hydrogens (tertiary/aromatic N) is 6. The number of carbonyl (C=O) groups excluding carboxylic acids is 4. The molecule has 0 aliphatic carbocycles. The lowest BCUT2D eigenvalue weighted by molar-refractivity contribution is 0.0144. The van der Waals surface area contributed by atoms with Crippen LogP contribution in [0.15, 0.2) is 41.3 Å². The van der Waals surface area contributed by atoms with Crippen molar-refractivity contribution in [3.8, 4) is 0 Å². The van der Waals surface area contributed by atoms with E-state index in [0.29, 0.717) is 59.6 Å². The summed E-state index contributed by atoms with van der Waals surface area (Å²) in [5, 5.41) is 10.3. The number of anilines is 3. The number of hydrogen-bond acceptors (Lipinski definition) is 13. The lowest BCUT2D eigenvalue weighted by Gasteiger charge is -2.35. The number of fused-ring (bicyclic) bond motifs is 1. The van der Waals surface area contributed by atoms with E-state index in [1.54, 1.807) is 34.6 Å². The molecule has 16 nitrogen and oxygen atoms in total. The molecule has 1 fully saturated rings. The Kier molecular flexibility index (Phi) is 15.2. The number of nitrogen functional groups attached to an aromatic ring is 1. The van der Waals surface area contributed by atoms with Gasteiger partial charge >= 0.3 is 18.0 Å². The first-order chi connectivity index (χ1) is 28.6. The molecule has 0 spiro atoms. The van der Waals surface area contributed by atoms with Crippen molar-refractivity contribution in [3.05, 3.63) is 70.3 Å². The van der Waals surface area contributed by atoms with Gasteiger partial charge in [-0.3, -0.25) is 19.7 Å². The molecular formula is C42H56FN9O7S. The molecule has 324 valence electrons. The fourth-order valence-electron chi connectivity index (χ4n) is 6.99. The Morgan fingerprint density at radius 3 is 2.30 bits per heavy atom. The van der Waals surface area contributed by atoms with Crippen LogP contribution in [0.4, 0.5) is 26.5 Å². The number of carbonyl (C=O) groups is 4. The molecule has 1 aliphatic heterocycles. The van der Waals surface area contributed by atoms with E-state index in [0.717, 1.165) is 42.9 Å². The van der Waals surface area contributed by atoms with E-state index < -0.39 is 29.3 Å². The van der Waals surface area contributed by atoms with E-state index in [1.165, 1.54) is 37.6 Å². The third-order valence-electron chi connectivity index (χ3n) is 9.96. The largest absolute Gasteiger partial charge is 0.465 e. The topological polar surface area (TPSA) is 188 Å². The number of ether oxygens (including phenoxy) is 3. The number of amides is 2. The van der Waals surface area contributed by atoms with Crippen LogP contribution in [-0.2, 0) is 33.7 Å². The van der Waals surface area contributed by atoms with Crippen LogP contribution in [0.2, 0.25) is 0 Å². The number of hydrogen-bond donors (Lipinski definition) is 3. The molecule has 1 saturated heterocycles. The number of aromatic nitrogens is 4. The van der Waals surface area contributed by atoms with Gasteiger partial charge in [-0.15, -0.1) is 11.8 Å². The Bertz CT molecular complexity index is 2240. The smallest absolute Gasteiger partial charge is 0.410 e. The van der Waals surface area contributed by atoms with Crippen molar-refractivity contribution in [1.82, 2.24) is 29.1 Å². The van der Waals surface area contributed by atoms with E-state index in [1.807, 2.05) is 45.2 Å². The number of allylic oxidation sites excluding steroid dienone is 1. The van der Waals surface area contributed by atoms with Gasteiger partial charge in [0.05, 0.1) is 53.4 Å². The SMILES string of the molecule is CCn1nc(C)c(F)c1C(=O)Nc1nc2cc(C(=O)OC)cc(SC)c2n1C/C=C/CNc1c(N)cc(C(=O)OC)cc1CCCCN1CCN(C(=O)OC(C)(C)C)CC1. The number of imidazole rings is 1. The van der Waals surface area contributed by atoms with E-state index in [2.05, 4.69) is 25.6 Å². The number of nitrogens with one attached hydrogen (secondary N) is 2. The fourth-order valence-corrected chi connectivity index (χ4v) is 7.64. The maximum absolute atomic E-state index is 15.1. The average Bonchev–Trinajstić information content (AvgIpc) is 3.72. The van der Waals surface area contributed by atoms with Gasteiger partial charge in [0.25, 0.3) is 5.91 Å². The number of nitrogens with two attached hydrogens (primary N) is 1. The van der Waals surface area contributed by atoms with E-state index in [-0.39, 0.29) is 36.5 Å². The summed E-state index contributed by atoms with van der Waals surface area (Å²) in [5.41, 5.74) is 9.65. The maximum Gasteiger partial charge on any atom is 0.410 e. The number of aryl methyl sites for hydroxylation is 3. The normalized spacial score (nSPS) is 13.5. The molecular weight excluding hydrogens is 794 g/mol. The summed E-state index contributed by atoms with van der Waals surface area (Å²) in [6.07, 6.45) is 7.77. The highest BCUT2D eigenvalue weighted by Crippen LogP contribution is 2.32. The summed E-state index contributed by atoms with van der Waals surface area (Å²) in [6.45, 7) is 13.4. The second kappa shape index (κ2) is 20.1. The third kappa shape index (κ3) is 10.9. The highest BCUT2D eigenvalue weighted by atomic mass is 32.2. The number of piperazine rings is 1. The number of methoxy groups -OCH3 is 2. The van der Waals surface area contributed by atoms with Crippen molar-refractivity contribution >= 4 is 64.1 Å². The van der Waals surface area contributed by atoms with Crippen LogP contribution in [0.25, 0.3) is 11.0 Å². The molecule has 0 unspecified atom stereocenters. The first kappa shape index (κ1) is 45.5. The summed E-state index contributed by atoms with van der Waals surface area (Å²) in [7, 11) is 2.63. The van der Waals surface area contributed by atoms with Gasteiger partial charge in [0.1, 0.15) is 5.60 Å². The van der Waals surface area contributed by atoms with Crippen molar-refractivity contribution in [1.29, 1.82) is 0 Å². The molecule has 5 rings (SSSR count). The highest BCUT2D eigenvalue weighted by Gasteiger charge is 2.27. The summed E-state index contributed by atoms with van der Waals surface area (Å²) < 4.78 is 33.6. The maximum atomic E-state index is 15.1. The van der Waals surface area contributed by atoms with Crippen molar-refractivity contribution < 1.29 is 37.8 Å². The molecule has 0 bridgehead atoms. The molecule has 2 amide bonds. The number of unbranched alkanes of at least 4 members (excludes halogenated alkanes) is 1. The van der Waals surface area contributed by atoms with Crippen molar-refractivity contribution in [3.63, 3.8) is 0 Å². The minimum Gasteiger partial charge on any atom is -0.465 e. The van der Waals surface area contributed by atoms with Crippen LogP contribution in [-0.4, -0.2) is 118 Å². The zero-order chi connectivity index (χ0) is 43.7. The molecule has 4 N–H and O–H groups in total. The Morgan fingerprint density at radius 1 is 0.983 bits per heavy atom. The first-order valence-electron chi connectivity index (χ1n) is 19.9. The van der Waals surface area contributed by atoms with E-state index in [9.17, 15) is 19.2 Å². The molecule has 60 heavy (non-hydrogen) atoms. The molecule has 2 aromatic carbocycles. The second-order valence-corrected chi connectivity index (χ2v) is 16.2. The Labute approximate surface area is 354 Å². The van der Waals surface area contributed by atoms with Crippen LogP contribution in [0.1, 0.15) is 83.0 Å². The zero-order valence-electron chi connectivity index (χ0n) is 35.6. The number of halogens is 1. The molecule has 4 aromatic rings. The molecule has 1 aliphatic rings. The van der Waals surface area contributed by atoms with Crippen LogP contribution in [0.3, 0.4) is 0 Å². The molecule has 2 aromatic heterocycles. The highest BCUT2D eigenvalue weighted by molar-refractivity contribution is 7.98. The summed E-state index contributed by atoms with van der Waals surface area (Å²) in [5.74, 6) is -2.28. The van der Waals surface area contributed by atoms with Gasteiger partial charge < -0.3 is 34.7 Å². The van der Waals surface area contributed by atoms with Gasteiger partial charge in [-0.05, 0) is 96.5 Å². The number of thioether (sulfide) groups is 1. The standard InChI is InChI=1S/C42H56FN9O7S/c1-9-52-36(33(43)26(2)48-52)37(53)47-40-46-31-24-29(39(55)58-7)25-32(60-8)35(31)51(40)17-13-11-15-45-34-27(22-28(23-30(34)44)38(54)57-6)14-10-12-16-49-18-20-50(21-19-49)41(56)59-42(3,4)5/h11,13,22-25,45H,9-10,12,14-21,44H2,1-8H3,(H,46,47,53)/b13-11+. The molecule has 0 atom stereocenters. The van der Waals surface area contributed by atoms with Crippen LogP contribution in [0.5, 0.6) is 0 Å². The van der Waals surface area contributed by atoms with Gasteiger partial charge in [0.15, 0.2) is 11.5 Å². The number of rotatable bonds is 16. The molecule has 0 radical (unpaired) electrons. The van der Waals surface area contributed by atoms with Gasteiger partial charge in [-0.1, -0.05) is 12.2 Å². The Balaban J connectivity index is 1.30. The fraction of sp³-hybridized carbons (Fsp3) is 0.476. The van der Waals surface area contributed by atoms with Crippen molar-refractivity contribution in [2.45, 2.75) is 77.5 Å². The Hall–Kier alpha value is -5.62. The first-order valence-corrected chi connectivity index (χ1v) is 21.1. The van der Waals surface area contributed by atoms with Crippen molar-refractivity contribution in [2.75, 3.05) is 76.1 Å². The zero-order valence-corrected chi connectivity index (χ0v) is 36.5. The van der Waals surface area contributed by atoms with Gasteiger partial charge in [0, 0.05) is 50.7 Å². The van der Waals surface area contributed by atoms with E-state index in [4.69, 9.17) is 19.9 Å².